The first-order valence-corrected chi connectivity index (χ1v) is 5.43. The Balaban J connectivity index is 1.99. The number of ether oxygens (including phenoxy) is 1. The molecule has 5 heteroatoms. The molecule has 0 amide bonds. The van der Waals surface area contributed by atoms with E-state index in [2.05, 4.69) is 15.5 Å². The van der Waals surface area contributed by atoms with Gasteiger partial charge in [0, 0.05) is 18.6 Å². The van der Waals surface area contributed by atoms with Crippen LogP contribution in [-0.2, 0) is 4.74 Å². The zero-order chi connectivity index (χ0) is 10.7. The minimum Gasteiger partial charge on any atom is -0.381 e. The Kier molecular flexibility index (Phi) is 3.20. The monoisotopic (exact) mass is 211 g/mol. The third kappa shape index (κ3) is 2.68. The predicted molar refractivity (Wildman–Crippen MR) is 55.9 cm³/mol. The van der Waals surface area contributed by atoms with Gasteiger partial charge >= 0.3 is 6.01 Å². The van der Waals surface area contributed by atoms with E-state index in [-0.39, 0.29) is 0 Å². The number of aromatic nitrogens is 2. The van der Waals surface area contributed by atoms with E-state index in [9.17, 15) is 0 Å². The maximum absolute atomic E-state index is 5.38. The Morgan fingerprint density at radius 2 is 2.33 bits per heavy atom. The van der Waals surface area contributed by atoms with Gasteiger partial charge in [0.15, 0.2) is 5.82 Å². The van der Waals surface area contributed by atoms with Crippen LogP contribution in [0.2, 0.25) is 0 Å². The molecule has 1 fully saturated rings. The summed E-state index contributed by atoms with van der Waals surface area (Å²) in [4.78, 5) is 4.31. The van der Waals surface area contributed by atoms with Crippen molar-refractivity contribution >= 4 is 6.01 Å². The Morgan fingerprint density at radius 1 is 1.47 bits per heavy atom. The second-order valence-corrected chi connectivity index (χ2v) is 4.17. The first-order valence-electron chi connectivity index (χ1n) is 5.43. The van der Waals surface area contributed by atoms with E-state index in [4.69, 9.17) is 9.26 Å². The van der Waals surface area contributed by atoms with Gasteiger partial charge in [0.25, 0.3) is 0 Å². The van der Waals surface area contributed by atoms with Gasteiger partial charge in [-0.2, -0.15) is 4.98 Å². The summed E-state index contributed by atoms with van der Waals surface area (Å²) in [6, 6.07) is 0.812. The molecule has 2 heterocycles. The quantitative estimate of drug-likeness (QED) is 0.825. The zero-order valence-corrected chi connectivity index (χ0v) is 9.19. The van der Waals surface area contributed by atoms with Crippen molar-refractivity contribution in [3.05, 3.63) is 5.82 Å². The van der Waals surface area contributed by atoms with Crippen LogP contribution in [0.25, 0.3) is 0 Å². The Hall–Kier alpha value is -1.10. The Morgan fingerprint density at radius 3 is 3.00 bits per heavy atom. The van der Waals surface area contributed by atoms with Crippen molar-refractivity contribution < 1.29 is 9.26 Å². The van der Waals surface area contributed by atoms with Crippen molar-refractivity contribution in [2.24, 2.45) is 0 Å². The molecule has 1 atom stereocenters. The van der Waals surface area contributed by atoms with Gasteiger partial charge in [0.2, 0.25) is 0 Å². The first-order chi connectivity index (χ1) is 7.25. The third-order valence-corrected chi connectivity index (χ3v) is 2.38. The largest absolute Gasteiger partial charge is 0.381 e. The molecule has 1 N–H and O–H groups in total. The van der Waals surface area contributed by atoms with Crippen LogP contribution in [0.3, 0.4) is 0 Å². The fourth-order valence-electron chi connectivity index (χ4n) is 1.65. The van der Waals surface area contributed by atoms with Crippen molar-refractivity contribution in [3.63, 3.8) is 0 Å². The molecule has 15 heavy (non-hydrogen) atoms. The van der Waals surface area contributed by atoms with Crippen molar-refractivity contribution in [2.45, 2.75) is 38.6 Å². The van der Waals surface area contributed by atoms with Crippen LogP contribution in [0.15, 0.2) is 4.52 Å². The molecule has 0 aromatic carbocycles. The molecular formula is C10H17N3O2. The molecule has 0 saturated carbocycles. The summed E-state index contributed by atoms with van der Waals surface area (Å²) < 4.78 is 10.5. The molecule has 1 aromatic heterocycles. The fourth-order valence-corrected chi connectivity index (χ4v) is 1.65. The van der Waals surface area contributed by atoms with E-state index in [1.807, 2.05) is 13.8 Å². The van der Waals surface area contributed by atoms with Crippen LogP contribution in [0, 0.1) is 0 Å². The number of hydrogen-bond acceptors (Lipinski definition) is 5. The lowest BCUT2D eigenvalue weighted by atomic mass is 10.0. The predicted octanol–water partition coefficient (Wildman–Crippen LogP) is 1.78. The van der Waals surface area contributed by atoms with E-state index >= 15 is 0 Å². The molecule has 2 rings (SSSR count). The Bertz CT molecular complexity index is 305. The molecule has 0 aliphatic carbocycles. The van der Waals surface area contributed by atoms with Crippen LogP contribution in [0.1, 0.15) is 38.4 Å². The summed E-state index contributed by atoms with van der Waals surface area (Å²) in [6.45, 7) is 5.63. The lowest BCUT2D eigenvalue weighted by molar-refractivity contribution is 0.0773. The van der Waals surface area contributed by atoms with Crippen molar-refractivity contribution in [1.82, 2.24) is 10.1 Å². The second-order valence-electron chi connectivity index (χ2n) is 4.17. The molecule has 0 radical (unpaired) electrons. The fraction of sp³-hybridized carbons (Fsp3) is 0.800. The van der Waals surface area contributed by atoms with Crippen molar-refractivity contribution in [1.29, 1.82) is 0 Å². The average Bonchev–Trinajstić information content (AvgIpc) is 2.67. The number of nitrogens with zero attached hydrogens (tertiary/aromatic N) is 2. The summed E-state index contributed by atoms with van der Waals surface area (Å²) in [6.07, 6.45) is 2.16. The maximum Gasteiger partial charge on any atom is 0.321 e. The Labute approximate surface area is 89.2 Å². The topological polar surface area (TPSA) is 60.2 Å². The van der Waals surface area contributed by atoms with Crippen LogP contribution in [-0.4, -0.2) is 29.4 Å². The number of nitrogens with one attached hydrogen (secondary N) is 1. The smallest absolute Gasteiger partial charge is 0.321 e. The summed E-state index contributed by atoms with van der Waals surface area (Å²) in [5.41, 5.74) is 0. The van der Waals surface area contributed by atoms with Crippen molar-refractivity contribution in [3.8, 4) is 0 Å². The second kappa shape index (κ2) is 4.61. The van der Waals surface area contributed by atoms with Crippen LogP contribution in [0.5, 0.6) is 0 Å². The minimum atomic E-state index is 0.296. The molecule has 0 spiro atoms. The summed E-state index contributed by atoms with van der Waals surface area (Å²) in [7, 11) is 0. The third-order valence-electron chi connectivity index (χ3n) is 2.38. The van der Waals surface area contributed by atoms with E-state index in [1.54, 1.807) is 0 Å². The SMILES string of the molecule is CC(C)Nc1nc(C2CCCOC2)no1. The van der Waals surface area contributed by atoms with Gasteiger partial charge in [-0.1, -0.05) is 5.16 Å². The molecule has 1 aliphatic rings. The summed E-state index contributed by atoms with van der Waals surface area (Å²) in [5.74, 6) is 1.06. The standard InChI is InChI=1S/C10H17N3O2/c1-7(2)11-10-12-9(13-15-10)8-4-3-5-14-6-8/h7-8H,3-6H2,1-2H3,(H,11,12,13). The normalized spacial score (nSPS) is 21.9. The van der Waals surface area contributed by atoms with Gasteiger partial charge in [0.05, 0.1) is 6.61 Å². The number of rotatable bonds is 3. The molecule has 1 aliphatic heterocycles. The molecule has 1 aromatic rings. The molecular weight excluding hydrogens is 194 g/mol. The van der Waals surface area contributed by atoms with E-state index < -0.39 is 0 Å². The molecule has 0 bridgehead atoms. The summed E-state index contributed by atoms with van der Waals surface area (Å²) in [5, 5.41) is 7.05. The number of hydrogen-bond donors (Lipinski definition) is 1. The van der Waals surface area contributed by atoms with Gasteiger partial charge in [-0.3, -0.25) is 0 Å². The van der Waals surface area contributed by atoms with Gasteiger partial charge in [-0.05, 0) is 26.7 Å². The highest BCUT2D eigenvalue weighted by atomic mass is 16.5. The first kappa shape index (κ1) is 10.4. The average molecular weight is 211 g/mol. The summed E-state index contributed by atoms with van der Waals surface area (Å²) >= 11 is 0. The van der Waals surface area contributed by atoms with Gasteiger partial charge in [0.1, 0.15) is 0 Å². The maximum atomic E-state index is 5.38. The molecule has 84 valence electrons. The highest BCUT2D eigenvalue weighted by molar-refractivity contribution is 5.20. The zero-order valence-electron chi connectivity index (χ0n) is 9.19. The van der Waals surface area contributed by atoms with E-state index in [0.717, 1.165) is 25.3 Å². The van der Waals surface area contributed by atoms with Crippen LogP contribution >= 0.6 is 0 Å². The molecule has 1 unspecified atom stereocenters. The lowest BCUT2D eigenvalue weighted by Gasteiger charge is -2.18. The molecule has 5 nitrogen and oxygen atoms in total. The lowest BCUT2D eigenvalue weighted by Crippen LogP contribution is -2.16. The van der Waals surface area contributed by atoms with Crippen molar-refractivity contribution in [2.75, 3.05) is 18.5 Å². The van der Waals surface area contributed by atoms with Gasteiger partial charge in [-0.15, -0.1) is 0 Å². The van der Waals surface area contributed by atoms with E-state index in [1.165, 1.54) is 0 Å². The highest BCUT2D eigenvalue weighted by Crippen LogP contribution is 2.23. The minimum absolute atomic E-state index is 0.296. The van der Waals surface area contributed by atoms with Gasteiger partial charge in [-0.25, -0.2) is 0 Å². The van der Waals surface area contributed by atoms with Gasteiger partial charge < -0.3 is 14.6 Å². The van der Waals surface area contributed by atoms with Crippen LogP contribution < -0.4 is 5.32 Å². The molecule has 1 saturated heterocycles. The number of anilines is 1. The highest BCUT2D eigenvalue weighted by Gasteiger charge is 2.21. The van der Waals surface area contributed by atoms with E-state index in [0.29, 0.717) is 24.6 Å². The van der Waals surface area contributed by atoms with Crippen LogP contribution in [0.4, 0.5) is 6.01 Å².